The maximum atomic E-state index is 12.7. The average molecular weight is 273 g/mol. The summed E-state index contributed by atoms with van der Waals surface area (Å²) in [4.78, 5) is 11.6. The minimum atomic E-state index is -4.70. The Labute approximate surface area is 104 Å². The first-order valence-electron chi connectivity index (χ1n) is 5.08. The monoisotopic (exact) mass is 273 g/mol. The molecule has 1 aromatic carbocycles. The molecule has 1 aromatic heterocycles. The third kappa shape index (κ3) is 2.59. The van der Waals surface area contributed by atoms with Crippen LogP contribution in [0.25, 0.3) is 5.69 Å². The molecule has 7 heteroatoms. The fourth-order valence-electron chi connectivity index (χ4n) is 1.52. The summed E-state index contributed by atoms with van der Waals surface area (Å²) in [7, 11) is 0. The van der Waals surface area contributed by atoms with Gasteiger partial charge in [-0.25, -0.2) is 4.39 Å². The molecule has 0 fully saturated rings. The molecule has 1 N–H and O–H groups in total. The molecule has 2 aromatic rings. The Bertz CT molecular complexity index is 659. The van der Waals surface area contributed by atoms with Gasteiger partial charge in [-0.3, -0.25) is 9.36 Å². The largest absolute Gasteiger partial charge is 0.503 e. The highest BCUT2D eigenvalue weighted by molar-refractivity contribution is 5.37. The molecule has 0 atom stereocenters. The van der Waals surface area contributed by atoms with Crippen molar-refractivity contribution < 1.29 is 22.7 Å². The van der Waals surface area contributed by atoms with Crippen molar-refractivity contribution in [1.29, 1.82) is 0 Å². The van der Waals surface area contributed by atoms with Gasteiger partial charge in [0, 0.05) is 11.9 Å². The third-order valence-corrected chi connectivity index (χ3v) is 2.43. The van der Waals surface area contributed by atoms with E-state index in [0.717, 1.165) is 24.3 Å². The summed E-state index contributed by atoms with van der Waals surface area (Å²) in [5.41, 5.74) is -2.17. The van der Waals surface area contributed by atoms with E-state index in [-0.39, 0.29) is 5.69 Å². The van der Waals surface area contributed by atoms with Gasteiger partial charge < -0.3 is 5.11 Å². The number of pyridine rings is 1. The molecule has 3 nitrogen and oxygen atoms in total. The Balaban J connectivity index is 2.66. The summed E-state index contributed by atoms with van der Waals surface area (Å²) in [6.45, 7) is 0. The van der Waals surface area contributed by atoms with Crippen molar-refractivity contribution in [2.75, 3.05) is 0 Å². The predicted molar refractivity (Wildman–Crippen MR) is 58.7 cm³/mol. The van der Waals surface area contributed by atoms with E-state index in [9.17, 15) is 27.5 Å². The Morgan fingerprint density at radius 2 is 1.68 bits per heavy atom. The zero-order chi connectivity index (χ0) is 14.2. The minimum Gasteiger partial charge on any atom is -0.503 e. The Morgan fingerprint density at radius 1 is 1.11 bits per heavy atom. The van der Waals surface area contributed by atoms with Crippen LogP contribution in [0.5, 0.6) is 5.75 Å². The van der Waals surface area contributed by atoms with Crippen molar-refractivity contribution in [3.05, 3.63) is 58.3 Å². The van der Waals surface area contributed by atoms with Crippen LogP contribution in [0.1, 0.15) is 5.56 Å². The molecule has 100 valence electrons. The van der Waals surface area contributed by atoms with Gasteiger partial charge in [0.15, 0.2) is 5.75 Å². The van der Waals surface area contributed by atoms with E-state index in [1.807, 2.05) is 0 Å². The second-order valence-electron chi connectivity index (χ2n) is 3.76. The first-order valence-corrected chi connectivity index (χ1v) is 5.08. The van der Waals surface area contributed by atoms with Crippen LogP contribution in [0.15, 0.2) is 41.3 Å². The van der Waals surface area contributed by atoms with Crippen LogP contribution in [0, 0.1) is 5.82 Å². The Kier molecular flexibility index (Phi) is 3.05. The number of aromatic hydroxyl groups is 1. The molecule has 2 rings (SSSR count). The van der Waals surface area contributed by atoms with Gasteiger partial charge in [-0.05, 0) is 30.3 Å². The number of halogens is 4. The zero-order valence-electron chi connectivity index (χ0n) is 9.28. The summed E-state index contributed by atoms with van der Waals surface area (Å²) < 4.78 is 51.1. The number of alkyl halides is 3. The quantitative estimate of drug-likeness (QED) is 0.812. The first kappa shape index (κ1) is 13.1. The molecular weight excluding hydrogens is 266 g/mol. The van der Waals surface area contributed by atoms with Gasteiger partial charge in [0.05, 0.1) is 5.56 Å². The van der Waals surface area contributed by atoms with E-state index in [2.05, 4.69) is 0 Å². The van der Waals surface area contributed by atoms with Crippen LogP contribution in [0.4, 0.5) is 17.6 Å². The van der Waals surface area contributed by atoms with Crippen molar-refractivity contribution in [1.82, 2.24) is 4.57 Å². The molecule has 0 amide bonds. The minimum absolute atomic E-state index is 0.0211. The standard InChI is InChI=1S/C12H7F4NO2/c13-8-1-3-9(4-2-8)17-6-7(12(14,15)16)5-10(18)11(17)19/h1-6,18H. The smallest absolute Gasteiger partial charge is 0.417 e. The van der Waals surface area contributed by atoms with Crippen molar-refractivity contribution in [3.8, 4) is 11.4 Å². The van der Waals surface area contributed by atoms with Gasteiger partial charge in [0.1, 0.15) is 5.82 Å². The van der Waals surface area contributed by atoms with Crippen LogP contribution in [0.3, 0.4) is 0 Å². The molecule has 0 spiro atoms. The van der Waals surface area contributed by atoms with Crippen molar-refractivity contribution >= 4 is 0 Å². The lowest BCUT2D eigenvalue weighted by molar-refractivity contribution is -0.138. The van der Waals surface area contributed by atoms with Gasteiger partial charge in [-0.2, -0.15) is 13.2 Å². The first-order chi connectivity index (χ1) is 8.79. The van der Waals surface area contributed by atoms with Crippen molar-refractivity contribution in [2.24, 2.45) is 0 Å². The van der Waals surface area contributed by atoms with Crippen LogP contribution < -0.4 is 5.56 Å². The predicted octanol–water partition coefficient (Wildman–Crippen LogP) is 2.70. The molecule has 0 saturated carbocycles. The third-order valence-electron chi connectivity index (χ3n) is 2.43. The van der Waals surface area contributed by atoms with E-state index in [1.54, 1.807) is 0 Å². The van der Waals surface area contributed by atoms with Crippen LogP contribution in [0.2, 0.25) is 0 Å². The lowest BCUT2D eigenvalue weighted by Crippen LogP contribution is -2.20. The molecule has 0 saturated heterocycles. The second-order valence-corrected chi connectivity index (χ2v) is 3.76. The van der Waals surface area contributed by atoms with E-state index in [1.165, 1.54) is 0 Å². The average Bonchev–Trinajstić information content (AvgIpc) is 2.32. The van der Waals surface area contributed by atoms with E-state index in [4.69, 9.17) is 0 Å². The number of nitrogens with zero attached hydrogens (tertiary/aromatic N) is 1. The van der Waals surface area contributed by atoms with Gasteiger partial charge >= 0.3 is 6.18 Å². The summed E-state index contributed by atoms with van der Waals surface area (Å²) >= 11 is 0. The molecule has 1 heterocycles. The Hall–Kier alpha value is -2.31. The molecular formula is C12H7F4NO2. The SMILES string of the molecule is O=c1c(O)cc(C(F)(F)F)cn1-c1ccc(F)cc1. The number of aromatic nitrogens is 1. The molecule has 0 unspecified atom stereocenters. The number of hydrogen-bond acceptors (Lipinski definition) is 2. The molecule has 0 aliphatic carbocycles. The number of hydrogen-bond donors (Lipinski definition) is 1. The van der Waals surface area contributed by atoms with Gasteiger partial charge in [0.2, 0.25) is 0 Å². The van der Waals surface area contributed by atoms with Crippen LogP contribution >= 0.6 is 0 Å². The van der Waals surface area contributed by atoms with Gasteiger partial charge in [-0.15, -0.1) is 0 Å². The van der Waals surface area contributed by atoms with Crippen molar-refractivity contribution in [3.63, 3.8) is 0 Å². The number of benzene rings is 1. The second kappa shape index (κ2) is 4.42. The molecule has 0 aliphatic heterocycles. The highest BCUT2D eigenvalue weighted by Gasteiger charge is 2.32. The maximum Gasteiger partial charge on any atom is 0.417 e. The molecule has 0 bridgehead atoms. The summed E-state index contributed by atoms with van der Waals surface area (Å²) in [5, 5.41) is 9.25. The Morgan fingerprint density at radius 3 is 2.21 bits per heavy atom. The van der Waals surface area contributed by atoms with Crippen molar-refractivity contribution in [2.45, 2.75) is 6.18 Å². The molecule has 0 radical (unpaired) electrons. The van der Waals surface area contributed by atoms with Gasteiger partial charge in [-0.1, -0.05) is 0 Å². The lowest BCUT2D eigenvalue weighted by atomic mass is 10.2. The zero-order valence-corrected chi connectivity index (χ0v) is 9.28. The van der Waals surface area contributed by atoms with E-state index in [0.29, 0.717) is 16.8 Å². The highest BCUT2D eigenvalue weighted by Crippen LogP contribution is 2.30. The summed E-state index contributed by atoms with van der Waals surface area (Å²) in [6.07, 6.45) is -4.15. The van der Waals surface area contributed by atoms with Crippen LogP contribution in [-0.4, -0.2) is 9.67 Å². The highest BCUT2D eigenvalue weighted by atomic mass is 19.4. The maximum absolute atomic E-state index is 12.7. The molecule has 0 aliphatic rings. The van der Waals surface area contributed by atoms with Crippen LogP contribution in [-0.2, 0) is 6.18 Å². The van der Waals surface area contributed by atoms with E-state index < -0.39 is 28.9 Å². The summed E-state index contributed by atoms with van der Waals surface area (Å²) in [5.74, 6) is -1.62. The fraction of sp³-hybridized carbons (Fsp3) is 0.0833. The van der Waals surface area contributed by atoms with E-state index >= 15 is 0 Å². The lowest BCUT2D eigenvalue weighted by Gasteiger charge is -2.11. The topological polar surface area (TPSA) is 42.2 Å². The fourth-order valence-corrected chi connectivity index (χ4v) is 1.52. The molecule has 19 heavy (non-hydrogen) atoms. The summed E-state index contributed by atoms with van der Waals surface area (Å²) in [6, 6.07) is 4.62. The normalized spacial score (nSPS) is 11.6. The van der Waals surface area contributed by atoms with Gasteiger partial charge in [0.25, 0.3) is 5.56 Å². The number of rotatable bonds is 1.